The van der Waals surface area contributed by atoms with E-state index in [9.17, 15) is 19.2 Å². The summed E-state index contributed by atoms with van der Waals surface area (Å²) in [6.45, 7) is 5.51. The molecule has 1 aliphatic heterocycles. The molecule has 2 aromatic heterocycles. The number of rotatable bonds is 4. The third-order valence-electron chi connectivity index (χ3n) is 7.27. The van der Waals surface area contributed by atoms with Crippen LogP contribution in [0.1, 0.15) is 47.2 Å². The van der Waals surface area contributed by atoms with Crippen molar-refractivity contribution in [1.82, 2.24) is 14.1 Å². The quantitative estimate of drug-likeness (QED) is 0.366. The molecular weight excluding hydrogens is 514 g/mol. The lowest BCUT2D eigenvalue weighted by atomic mass is 9.71. The highest BCUT2D eigenvalue weighted by atomic mass is 35.5. The number of ketones is 2. The van der Waals surface area contributed by atoms with Gasteiger partial charge in [0.25, 0.3) is 5.56 Å². The minimum absolute atomic E-state index is 0.0109. The van der Waals surface area contributed by atoms with Gasteiger partial charge in [-0.05, 0) is 26.3 Å². The lowest BCUT2D eigenvalue weighted by Crippen LogP contribution is -2.57. The molecule has 5 rings (SSSR count). The van der Waals surface area contributed by atoms with E-state index < -0.39 is 34.3 Å². The zero-order valence-corrected chi connectivity index (χ0v) is 22.6. The summed E-state index contributed by atoms with van der Waals surface area (Å²) in [7, 11) is 4.34. The number of carbonyl (C=O) groups excluding carboxylic acids is 2. The number of carbonyl (C=O) groups is 2. The molecule has 1 aromatic carbocycles. The molecule has 11 heteroatoms. The van der Waals surface area contributed by atoms with Crippen LogP contribution in [0.5, 0.6) is 17.2 Å². The molecule has 10 nitrogen and oxygen atoms in total. The summed E-state index contributed by atoms with van der Waals surface area (Å²) < 4.78 is 19.2. The van der Waals surface area contributed by atoms with Crippen LogP contribution in [0.25, 0.3) is 11.0 Å². The average Bonchev–Trinajstić information content (AvgIpc) is 3.20. The van der Waals surface area contributed by atoms with Gasteiger partial charge in [0.15, 0.2) is 5.75 Å². The van der Waals surface area contributed by atoms with E-state index in [2.05, 4.69) is 4.98 Å². The van der Waals surface area contributed by atoms with Gasteiger partial charge in [0.2, 0.25) is 17.2 Å². The van der Waals surface area contributed by atoms with Crippen molar-refractivity contribution in [3.63, 3.8) is 0 Å². The van der Waals surface area contributed by atoms with Gasteiger partial charge in [-0.2, -0.15) is 0 Å². The molecule has 0 saturated heterocycles. The van der Waals surface area contributed by atoms with Gasteiger partial charge in [-0.25, -0.2) is 9.78 Å². The molecule has 2 unspecified atom stereocenters. The zero-order chi connectivity index (χ0) is 27.7. The largest absolute Gasteiger partial charge is 0.496 e. The van der Waals surface area contributed by atoms with Crippen LogP contribution < -0.4 is 25.5 Å². The Kier molecular flexibility index (Phi) is 5.98. The second-order valence-electron chi connectivity index (χ2n) is 9.79. The van der Waals surface area contributed by atoms with Crippen LogP contribution in [0, 0.1) is 5.92 Å². The predicted molar refractivity (Wildman–Crippen MR) is 140 cm³/mol. The van der Waals surface area contributed by atoms with E-state index in [0.29, 0.717) is 5.69 Å². The number of hydrogen-bond donors (Lipinski definition) is 0. The first-order valence-corrected chi connectivity index (χ1v) is 12.4. The van der Waals surface area contributed by atoms with Crippen molar-refractivity contribution < 1.29 is 23.8 Å². The fourth-order valence-corrected chi connectivity index (χ4v) is 5.44. The van der Waals surface area contributed by atoms with E-state index in [1.165, 1.54) is 38.0 Å². The Labute approximate surface area is 222 Å². The van der Waals surface area contributed by atoms with Gasteiger partial charge in [0, 0.05) is 31.1 Å². The maximum Gasteiger partial charge on any atom is 0.332 e. The Bertz CT molecular complexity index is 1710. The molecule has 3 aromatic rings. The fraction of sp³-hybridized carbons (Fsp3) is 0.370. The normalized spacial score (nSPS) is 19.8. The first-order valence-electron chi connectivity index (χ1n) is 12.0. The van der Waals surface area contributed by atoms with Crippen molar-refractivity contribution >= 4 is 34.2 Å². The van der Waals surface area contributed by atoms with Crippen LogP contribution in [0.15, 0.2) is 33.4 Å². The molecule has 0 fully saturated rings. The van der Waals surface area contributed by atoms with E-state index in [4.69, 9.17) is 25.8 Å². The van der Waals surface area contributed by atoms with Crippen molar-refractivity contribution in [1.29, 1.82) is 0 Å². The number of fused-ring (bicyclic) bond motifs is 3. The summed E-state index contributed by atoms with van der Waals surface area (Å²) in [5.41, 5.74) is -1.39. The van der Waals surface area contributed by atoms with E-state index in [-0.39, 0.29) is 57.4 Å². The van der Waals surface area contributed by atoms with E-state index in [1.807, 2.05) is 13.8 Å². The zero-order valence-electron chi connectivity index (χ0n) is 21.8. The maximum atomic E-state index is 14.1. The number of Topliss-reactive ketones (excluding diaryl/α,β-unsaturated/α-hetero) is 2. The van der Waals surface area contributed by atoms with Crippen molar-refractivity contribution in [3.05, 3.63) is 66.5 Å². The maximum absolute atomic E-state index is 14.1. The highest BCUT2D eigenvalue weighted by Gasteiger charge is 2.62. The molecule has 0 amide bonds. The molecule has 0 N–H and O–H groups in total. The molecule has 3 heterocycles. The van der Waals surface area contributed by atoms with Gasteiger partial charge in [-0.3, -0.25) is 23.5 Å². The van der Waals surface area contributed by atoms with Crippen LogP contribution in [0.2, 0.25) is 5.02 Å². The number of benzene rings is 1. The minimum Gasteiger partial charge on any atom is -0.496 e. The Hall–Kier alpha value is -3.92. The number of methoxy groups -OCH3 is 2. The second kappa shape index (κ2) is 8.83. The number of aryl methyl sites for hydroxylation is 1. The summed E-state index contributed by atoms with van der Waals surface area (Å²) in [6, 6.07) is 2.88. The summed E-state index contributed by atoms with van der Waals surface area (Å²) in [5, 5.41) is 0.138. The number of halogens is 1. The molecule has 1 spiro atoms. The lowest BCUT2D eigenvalue weighted by molar-refractivity contribution is 0.0257. The Morgan fingerprint density at radius 3 is 2.47 bits per heavy atom. The summed E-state index contributed by atoms with van der Waals surface area (Å²) in [4.78, 5) is 58.8. The third kappa shape index (κ3) is 3.36. The minimum atomic E-state index is -1.92. The van der Waals surface area contributed by atoms with Gasteiger partial charge in [0.05, 0.1) is 25.3 Å². The molecule has 0 saturated carbocycles. The molecule has 0 bridgehead atoms. The van der Waals surface area contributed by atoms with E-state index in [1.54, 1.807) is 13.0 Å². The fourth-order valence-electron chi connectivity index (χ4n) is 5.18. The van der Waals surface area contributed by atoms with Crippen LogP contribution >= 0.6 is 11.6 Å². The molecule has 1 aliphatic carbocycles. The summed E-state index contributed by atoms with van der Waals surface area (Å²) in [5.74, 6) is -1.45. The number of pyridine rings is 1. The third-order valence-corrected chi connectivity index (χ3v) is 7.63. The molecule has 198 valence electrons. The number of hydrogen-bond acceptors (Lipinski definition) is 8. The van der Waals surface area contributed by atoms with Gasteiger partial charge >= 0.3 is 5.69 Å². The van der Waals surface area contributed by atoms with Gasteiger partial charge in [-0.15, -0.1) is 0 Å². The highest BCUT2D eigenvalue weighted by Crippen LogP contribution is 2.53. The number of allylic oxidation sites excluding steroid dienone is 2. The monoisotopic (exact) mass is 539 g/mol. The molecule has 38 heavy (non-hydrogen) atoms. The van der Waals surface area contributed by atoms with Crippen molar-refractivity contribution in [2.24, 2.45) is 13.0 Å². The average molecular weight is 540 g/mol. The van der Waals surface area contributed by atoms with Crippen molar-refractivity contribution in [2.75, 3.05) is 14.2 Å². The van der Waals surface area contributed by atoms with E-state index in [0.717, 1.165) is 10.1 Å². The van der Waals surface area contributed by atoms with Crippen molar-refractivity contribution in [2.45, 2.75) is 39.3 Å². The van der Waals surface area contributed by atoms with Gasteiger partial charge in [0.1, 0.15) is 27.7 Å². The van der Waals surface area contributed by atoms with E-state index >= 15 is 0 Å². The first kappa shape index (κ1) is 25.7. The summed E-state index contributed by atoms with van der Waals surface area (Å²) in [6.07, 6.45) is 1.94. The standard InChI is InChI=1S/C27H26ClN3O7/c1-12(2)7-8-31-25(34)15-10-14-16(29-24(15)30(4)26(31)35)9-13(3)27(22(14)32)23(33)19-17(36-5)11-18(37-6)20(28)21(19)38-27/h7,10-11,13H,8-9H2,1-6H3. The lowest BCUT2D eigenvalue weighted by Gasteiger charge is -2.36. The Balaban J connectivity index is 1.72. The molecule has 2 atom stereocenters. The van der Waals surface area contributed by atoms with Gasteiger partial charge in [-0.1, -0.05) is 30.2 Å². The second-order valence-corrected chi connectivity index (χ2v) is 10.2. The first-order chi connectivity index (χ1) is 18.0. The summed E-state index contributed by atoms with van der Waals surface area (Å²) >= 11 is 6.48. The Morgan fingerprint density at radius 2 is 1.84 bits per heavy atom. The number of ether oxygens (including phenoxy) is 3. The van der Waals surface area contributed by atoms with Crippen LogP contribution in [0.4, 0.5) is 0 Å². The Morgan fingerprint density at radius 1 is 1.16 bits per heavy atom. The molecular formula is C27H26ClN3O7. The highest BCUT2D eigenvalue weighted by molar-refractivity contribution is 6.36. The topological polar surface area (TPSA) is 119 Å². The predicted octanol–water partition coefficient (Wildman–Crippen LogP) is 3.12. The van der Waals surface area contributed by atoms with Crippen molar-refractivity contribution in [3.8, 4) is 17.2 Å². The van der Waals surface area contributed by atoms with Crippen LogP contribution in [0.3, 0.4) is 0 Å². The van der Waals surface area contributed by atoms with Crippen LogP contribution in [-0.2, 0) is 20.0 Å². The van der Waals surface area contributed by atoms with Gasteiger partial charge < -0.3 is 14.2 Å². The number of aromatic nitrogens is 3. The molecule has 2 aliphatic rings. The SMILES string of the molecule is COc1cc(OC)c2c(c1Cl)OC1(C(=O)c3cc4c(=O)n(CC=C(C)C)c(=O)n(C)c4nc3CC1C)C2=O. The smallest absolute Gasteiger partial charge is 0.332 e. The molecule has 0 radical (unpaired) electrons. The van der Waals surface area contributed by atoms with Crippen LogP contribution in [-0.4, -0.2) is 45.5 Å². The number of nitrogens with zero attached hydrogens (tertiary/aromatic N) is 3.